The van der Waals surface area contributed by atoms with Crippen molar-refractivity contribution in [2.75, 3.05) is 13.7 Å². The quantitative estimate of drug-likeness (QED) is 0.537. The van der Waals surface area contributed by atoms with Gasteiger partial charge in [0.1, 0.15) is 6.61 Å². The van der Waals surface area contributed by atoms with E-state index in [1.807, 2.05) is 30.3 Å². The second-order valence-electron chi connectivity index (χ2n) is 4.97. The van der Waals surface area contributed by atoms with E-state index in [0.29, 0.717) is 13.0 Å². The molecule has 0 fully saturated rings. The molecule has 1 rings (SSSR count). The van der Waals surface area contributed by atoms with E-state index in [0.717, 1.165) is 18.4 Å². The van der Waals surface area contributed by atoms with Crippen LogP contribution in [0.5, 0.6) is 0 Å². The molecule has 0 heterocycles. The Hall–Kier alpha value is -2.08. The van der Waals surface area contributed by atoms with Gasteiger partial charge < -0.3 is 20.5 Å². The molecule has 0 unspecified atom stereocenters. The first kappa shape index (κ1) is 18.0. The van der Waals surface area contributed by atoms with Crippen molar-refractivity contribution < 1.29 is 19.1 Å². The molecule has 1 atom stereocenters. The Labute approximate surface area is 131 Å². The second-order valence-corrected chi connectivity index (χ2v) is 4.97. The lowest BCUT2D eigenvalue weighted by Gasteiger charge is -2.17. The predicted octanol–water partition coefficient (Wildman–Crippen LogP) is 1.97. The van der Waals surface area contributed by atoms with Gasteiger partial charge in [0, 0.05) is 6.04 Å². The number of ether oxygens (including phenoxy) is 2. The highest BCUT2D eigenvalue weighted by Gasteiger charge is 2.17. The third kappa shape index (κ3) is 7.64. The van der Waals surface area contributed by atoms with Crippen molar-refractivity contribution in [2.24, 2.45) is 5.73 Å². The van der Waals surface area contributed by atoms with Gasteiger partial charge in [-0.1, -0.05) is 36.8 Å². The van der Waals surface area contributed by atoms with Crippen LogP contribution in [0.4, 0.5) is 4.79 Å². The van der Waals surface area contributed by atoms with Gasteiger partial charge in [0.25, 0.3) is 0 Å². The van der Waals surface area contributed by atoms with E-state index in [1.54, 1.807) is 0 Å². The van der Waals surface area contributed by atoms with Gasteiger partial charge in [-0.3, -0.25) is 4.79 Å². The minimum Gasteiger partial charge on any atom is -0.469 e. The van der Waals surface area contributed by atoms with Crippen LogP contribution in [0.15, 0.2) is 30.3 Å². The Kier molecular flexibility index (Phi) is 8.67. The molecule has 0 bridgehead atoms. The average molecular weight is 308 g/mol. The molecule has 0 saturated carbocycles. The van der Waals surface area contributed by atoms with Gasteiger partial charge in [0.2, 0.25) is 0 Å². The van der Waals surface area contributed by atoms with E-state index in [9.17, 15) is 9.59 Å². The maximum Gasteiger partial charge on any atom is 0.407 e. The predicted molar refractivity (Wildman–Crippen MR) is 83.1 cm³/mol. The number of carbonyl (C=O) groups is 2. The van der Waals surface area contributed by atoms with Gasteiger partial charge >= 0.3 is 12.1 Å². The maximum atomic E-state index is 11.8. The van der Waals surface area contributed by atoms with Gasteiger partial charge in [-0.25, -0.2) is 4.79 Å². The number of hydrogen-bond donors (Lipinski definition) is 2. The first-order valence-corrected chi connectivity index (χ1v) is 7.39. The summed E-state index contributed by atoms with van der Waals surface area (Å²) in [6.45, 7) is 0.782. The topological polar surface area (TPSA) is 90.6 Å². The number of alkyl carbamates (subject to hydrolysis) is 1. The highest BCUT2D eigenvalue weighted by Crippen LogP contribution is 2.07. The number of benzene rings is 1. The molecule has 0 aliphatic heterocycles. The molecule has 122 valence electrons. The SMILES string of the molecule is COC(=O)C[C@H](CCCCN)NC(=O)OCc1ccccc1. The third-order valence-electron chi connectivity index (χ3n) is 3.18. The van der Waals surface area contributed by atoms with E-state index in [4.69, 9.17) is 10.5 Å². The molecule has 0 saturated heterocycles. The van der Waals surface area contributed by atoms with Crippen LogP contribution in [-0.2, 0) is 20.9 Å². The maximum absolute atomic E-state index is 11.8. The fourth-order valence-electron chi connectivity index (χ4n) is 1.98. The molecule has 0 aliphatic rings. The molecule has 3 N–H and O–H groups in total. The van der Waals surface area contributed by atoms with Crippen molar-refractivity contribution in [1.82, 2.24) is 5.32 Å². The molecule has 1 aromatic rings. The third-order valence-corrected chi connectivity index (χ3v) is 3.18. The summed E-state index contributed by atoms with van der Waals surface area (Å²) in [6, 6.07) is 9.10. The van der Waals surface area contributed by atoms with E-state index < -0.39 is 6.09 Å². The molecular weight excluding hydrogens is 284 g/mol. The van der Waals surface area contributed by atoms with Crippen molar-refractivity contribution >= 4 is 12.1 Å². The number of hydrogen-bond acceptors (Lipinski definition) is 5. The molecule has 22 heavy (non-hydrogen) atoms. The number of carbonyl (C=O) groups excluding carboxylic acids is 2. The fraction of sp³-hybridized carbons (Fsp3) is 0.500. The summed E-state index contributed by atoms with van der Waals surface area (Å²) < 4.78 is 9.80. The van der Waals surface area contributed by atoms with Gasteiger partial charge in [0.05, 0.1) is 13.5 Å². The van der Waals surface area contributed by atoms with Gasteiger partial charge in [-0.05, 0) is 24.9 Å². The lowest BCUT2D eigenvalue weighted by Crippen LogP contribution is -2.37. The standard InChI is InChI=1S/C16H24N2O4/c1-21-15(19)11-14(9-5-6-10-17)18-16(20)22-12-13-7-3-2-4-8-13/h2-4,7-8,14H,5-6,9-12,17H2,1H3,(H,18,20)/t14-/m0/s1. The van der Waals surface area contributed by atoms with Gasteiger partial charge in [-0.15, -0.1) is 0 Å². The number of nitrogens with one attached hydrogen (secondary N) is 1. The summed E-state index contributed by atoms with van der Waals surface area (Å²) in [4.78, 5) is 23.2. The number of esters is 1. The zero-order valence-electron chi connectivity index (χ0n) is 12.9. The first-order chi connectivity index (χ1) is 10.7. The van der Waals surface area contributed by atoms with E-state index in [-0.39, 0.29) is 25.0 Å². The molecule has 0 aromatic heterocycles. The normalized spacial score (nSPS) is 11.5. The lowest BCUT2D eigenvalue weighted by molar-refractivity contribution is -0.141. The largest absolute Gasteiger partial charge is 0.469 e. The smallest absolute Gasteiger partial charge is 0.407 e. The monoisotopic (exact) mass is 308 g/mol. The van der Waals surface area contributed by atoms with Crippen molar-refractivity contribution in [3.05, 3.63) is 35.9 Å². The summed E-state index contributed by atoms with van der Waals surface area (Å²) in [5, 5.41) is 2.71. The zero-order chi connectivity index (χ0) is 16.2. The molecule has 0 spiro atoms. The molecule has 0 aliphatic carbocycles. The number of unbranched alkanes of at least 4 members (excludes halogenated alkanes) is 1. The van der Waals surface area contributed by atoms with Gasteiger partial charge in [-0.2, -0.15) is 0 Å². The van der Waals surface area contributed by atoms with Crippen LogP contribution < -0.4 is 11.1 Å². The molecule has 1 amide bonds. The van der Waals surface area contributed by atoms with Crippen molar-refractivity contribution in [2.45, 2.75) is 38.3 Å². The fourth-order valence-corrected chi connectivity index (χ4v) is 1.98. The lowest BCUT2D eigenvalue weighted by atomic mass is 10.1. The van der Waals surface area contributed by atoms with Crippen LogP contribution in [-0.4, -0.2) is 31.8 Å². The van der Waals surface area contributed by atoms with Crippen LogP contribution in [0.1, 0.15) is 31.2 Å². The first-order valence-electron chi connectivity index (χ1n) is 7.39. The molecule has 1 aromatic carbocycles. The van der Waals surface area contributed by atoms with Crippen LogP contribution in [0, 0.1) is 0 Å². The van der Waals surface area contributed by atoms with E-state index in [2.05, 4.69) is 10.1 Å². The molecule has 0 radical (unpaired) electrons. The van der Waals surface area contributed by atoms with Crippen LogP contribution in [0.2, 0.25) is 0 Å². The zero-order valence-corrected chi connectivity index (χ0v) is 12.9. The minimum absolute atomic E-state index is 0.126. The molecular formula is C16H24N2O4. The Morgan fingerprint density at radius 2 is 1.95 bits per heavy atom. The minimum atomic E-state index is -0.537. The van der Waals surface area contributed by atoms with Crippen molar-refractivity contribution in [3.8, 4) is 0 Å². The van der Waals surface area contributed by atoms with Crippen molar-refractivity contribution in [1.29, 1.82) is 0 Å². The Morgan fingerprint density at radius 3 is 2.59 bits per heavy atom. The van der Waals surface area contributed by atoms with Gasteiger partial charge in [0.15, 0.2) is 0 Å². The van der Waals surface area contributed by atoms with Crippen LogP contribution in [0.3, 0.4) is 0 Å². The Morgan fingerprint density at radius 1 is 1.23 bits per heavy atom. The summed E-state index contributed by atoms with van der Waals surface area (Å²) >= 11 is 0. The summed E-state index contributed by atoms with van der Waals surface area (Å²) in [5.74, 6) is -0.360. The number of amides is 1. The number of methoxy groups -OCH3 is 1. The van der Waals surface area contributed by atoms with Crippen LogP contribution in [0.25, 0.3) is 0 Å². The summed E-state index contributed by atoms with van der Waals surface area (Å²) in [6.07, 6.45) is 1.93. The Bertz CT molecular complexity index is 451. The highest BCUT2D eigenvalue weighted by molar-refractivity contribution is 5.72. The molecule has 6 heteroatoms. The average Bonchev–Trinajstić information content (AvgIpc) is 2.54. The second kappa shape index (κ2) is 10.6. The molecule has 6 nitrogen and oxygen atoms in total. The number of rotatable bonds is 9. The van der Waals surface area contributed by atoms with Crippen molar-refractivity contribution in [3.63, 3.8) is 0 Å². The number of nitrogens with two attached hydrogens (primary N) is 1. The van der Waals surface area contributed by atoms with E-state index >= 15 is 0 Å². The summed E-state index contributed by atoms with van der Waals surface area (Å²) in [7, 11) is 1.33. The highest BCUT2D eigenvalue weighted by atomic mass is 16.5. The van der Waals surface area contributed by atoms with Crippen LogP contribution >= 0.6 is 0 Å². The Balaban J connectivity index is 2.41. The van der Waals surface area contributed by atoms with E-state index in [1.165, 1.54) is 7.11 Å². The summed E-state index contributed by atoms with van der Waals surface area (Å²) in [5.41, 5.74) is 6.36.